The van der Waals surface area contributed by atoms with Crippen molar-refractivity contribution in [2.24, 2.45) is 0 Å². The van der Waals surface area contributed by atoms with Crippen LogP contribution in [0.3, 0.4) is 0 Å². The molecule has 1 aliphatic rings. The van der Waals surface area contributed by atoms with E-state index in [1.54, 1.807) is 0 Å². The zero-order valence-corrected chi connectivity index (χ0v) is 10.0. The quantitative estimate of drug-likeness (QED) is 0.626. The lowest BCUT2D eigenvalue weighted by Gasteiger charge is -2.33. The summed E-state index contributed by atoms with van der Waals surface area (Å²) in [5.41, 5.74) is 0. The Morgan fingerprint density at radius 1 is 1.20 bits per heavy atom. The molecule has 0 atom stereocenters. The van der Waals surface area contributed by atoms with Crippen LogP contribution < -0.4 is 5.32 Å². The highest BCUT2D eigenvalue weighted by molar-refractivity contribution is 4.75. The molecule has 0 aromatic carbocycles. The van der Waals surface area contributed by atoms with Crippen LogP contribution in [0.25, 0.3) is 0 Å². The summed E-state index contributed by atoms with van der Waals surface area (Å²) in [7, 11) is 2.00. The van der Waals surface area contributed by atoms with Crippen LogP contribution in [0.5, 0.6) is 0 Å². The Hall–Kier alpha value is -0.120. The van der Waals surface area contributed by atoms with Crippen molar-refractivity contribution in [2.45, 2.75) is 44.6 Å². The Morgan fingerprint density at radius 3 is 2.53 bits per heavy atom. The third-order valence-electron chi connectivity index (χ3n) is 3.35. The smallest absolute Gasteiger partial charge is 0.0558 e. The number of hydrogen-bond donors (Lipinski definition) is 2. The van der Waals surface area contributed by atoms with Crippen molar-refractivity contribution in [3.63, 3.8) is 0 Å². The first kappa shape index (κ1) is 12.9. The highest BCUT2D eigenvalue weighted by atomic mass is 16.3. The van der Waals surface area contributed by atoms with Gasteiger partial charge in [-0.2, -0.15) is 0 Å². The zero-order valence-electron chi connectivity index (χ0n) is 10.0. The average Bonchev–Trinajstić information content (AvgIpc) is 2.29. The lowest BCUT2D eigenvalue weighted by atomic mass is 9.94. The molecule has 0 amide bonds. The van der Waals surface area contributed by atoms with E-state index in [2.05, 4.69) is 10.2 Å². The Kier molecular flexibility index (Phi) is 6.98. The number of nitrogens with zero attached hydrogens (tertiary/aromatic N) is 1. The van der Waals surface area contributed by atoms with Crippen LogP contribution in [0, 0.1) is 0 Å². The number of nitrogens with one attached hydrogen (secondary N) is 1. The van der Waals surface area contributed by atoms with Crippen LogP contribution in [0.1, 0.15) is 38.5 Å². The van der Waals surface area contributed by atoms with Gasteiger partial charge in [0.05, 0.1) is 6.61 Å². The first-order chi connectivity index (χ1) is 7.38. The fourth-order valence-electron chi connectivity index (χ4n) is 2.51. The van der Waals surface area contributed by atoms with Crippen LogP contribution >= 0.6 is 0 Å². The summed E-state index contributed by atoms with van der Waals surface area (Å²) in [5, 5.41) is 12.2. The molecule has 0 bridgehead atoms. The molecule has 0 aliphatic heterocycles. The summed E-state index contributed by atoms with van der Waals surface area (Å²) < 4.78 is 0. The van der Waals surface area contributed by atoms with Crippen molar-refractivity contribution in [3.05, 3.63) is 0 Å². The molecule has 15 heavy (non-hydrogen) atoms. The van der Waals surface area contributed by atoms with Gasteiger partial charge in [-0.1, -0.05) is 19.3 Å². The van der Waals surface area contributed by atoms with Gasteiger partial charge in [-0.15, -0.1) is 0 Å². The number of aliphatic hydroxyl groups excluding tert-OH is 1. The van der Waals surface area contributed by atoms with Crippen LogP contribution in [-0.2, 0) is 0 Å². The van der Waals surface area contributed by atoms with E-state index in [0.29, 0.717) is 6.61 Å². The van der Waals surface area contributed by atoms with Gasteiger partial charge in [-0.05, 0) is 39.4 Å². The monoisotopic (exact) mass is 214 g/mol. The number of hydrogen-bond acceptors (Lipinski definition) is 3. The Labute approximate surface area is 93.9 Å². The van der Waals surface area contributed by atoms with Gasteiger partial charge in [0.15, 0.2) is 0 Å². The summed E-state index contributed by atoms with van der Waals surface area (Å²) >= 11 is 0. The van der Waals surface area contributed by atoms with Crippen LogP contribution in [-0.4, -0.2) is 49.3 Å². The molecule has 1 aliphatic carbocycles. The van der Waals surface area contributed by atoms with Crippen molar-refractivity contribution >= 4 is 0 Å². The predicted octanol–water partition coefficient (Wildman–Crippen LogP) is 1.22. The lowest BCUT2D eigenvalue weighted by Crippen LogP contribution is -2.40. The minimum Gasteiger partial charge on any atom is -0.395 e. The molecule has 0 unspecified atom stereocenters. The Balaban J connectivity index is 2.26. The Morgan fingerprint density at radius 2 is 1.93 bits per heavy atom. The highest BCUT2D eigenvalue weighted by Crippen LogP contribution is 2.22. The third-order valence-corrected chi connectivity index (χ3v) is 3.35. The molecule has 0 heterocycles. The van der Waals surface area contributed by atoms with Crippen molar-refractivity contribution in [3.8, 4) is 0 Å². The van der Waals surface area contributed by atoms with E-state index in [9.17, 15) is 0 Å². The molecule has 0 aromatic heterocycles. The topological polar surface area (TPSA) is 35.5 Å². The van der Waals surface area contributed by atoms with Gasteiger partial charge < -0.3 is 10.4 Å². The van der Waals surface area contributed by atoms with Crippen molar-refractivity contribution in [1.29, 1.82) is 0 Å². The van der Waals surface area contributed by atoms with E-state index in [-0.39, 0.29) is 0 Å². The maximum Gasteiger partial charge on any atom is 0.0558 e. The molecule has 0 saturated heterocycles. The maximum atomic E-state index is 9.07. The van der Waals surface area contributed by atoms with Gasteiger partial charge in [0.1, 0.15) is 0 Å². The van der Waals surface area contributed by atoms with Gasteiger partial charge >= 0.3 is 0 Å². The van der Waals surface area contributed by atoms with E-state index in [4.69, 9.17) is 5.11 Å². The van der Waals surface area contributed by atoms with E-state index in [0.717, 1.165) is 25.7 Å². The standard InChI is InChI=1S/C12H26N2O/c1-13-8-5-9-14(10-11-15)12-6-3-2-4-7-12/h12-13,15H,2-11H2,1H3. The number of aliphatic hydroxyl groups is 1. The molecular weight excluding hydrogens is 188 g/mol. The summed E-state index contributed by atoms with van der Waals surface area (Å²) in [5.74, 6) is 0. The summed E-state index contributed by atoms with van der Waals surface area (Å²) in [6.45, 7) is 3.37. The molecule has 1 rings (SSSR count). The second-order valence-corrected chi connectivity index (χ2v) is 4.51. The van der Waals surface area contributed by atoms with Crippen molar-refractivity contribution in [2.75, 3.05) is 33.3 Å². The SMILES string of the molecule is CNCCCN(CCO)C1CCCCC1. The molecule has 0 spiro atoms. The molecule has 3 nitrogen and oxygen atoms in total. The molecule has 3 heteroatoms. The highest BCUT2D eigenvalue weighted by Gasteiger charge is 2.19. The van der Waals surface area contributed by atoms with Gasteiger partial charge in [0, 0.05) is 12.6 Å². The second-order valence-electron chi connectivity index (χ2n) is 4.51. The normalized spacial score (nSPS) is 18.6. The first-order valence-corrected chi connectivity index (χ1v) is 6.38. The molecule has 1 fully saturated rings. The summed E-state index contributed by atoms with van der Waals surface area (Å²) in [6.07, 6.45) is 8.00. The molecule has 0 radical (unpaired) electrons. The largest absolute Gasteiger partial charge is 0.395 e. The second kappa shape index (κ2) is 8.08. The molecule has 90 valence electrons. The van der Waals surface area contributed by atoms with Gasteiger partial charge in [0.25, 0.3) is 0 Å². The van der Waals surface area contributed by atoms with E-state index >= 15 is 0 Å². The summed E-state index contributed by atoms with van der Waals surface area (Å²) in [6, 6.07) is 0.739. The maximum absolute atomic E-state index is 9.07. The third kappa shape index (κ3) is 4.96. The number of rotatable bonds is 7. The first-order valence-electron chi connectivity index (χ1n) is 6.38. The van der Waals surface area contributed by atoms with Gasteiger partial charge in [-0.25, -0.2) is 0 Å². The van der Waals surface area contributed by atoms with E-state index < -0.39 is 0 Å². The molecule has 0 aromatic rings. The van der Waals surface area contributed by atoms with Crippen LogP contribution in [0.2, 0.25) is 0 Å². The molecule has 2 N–H and O–H groups in total. The molecule has 1 saturated carbocycles. The minimum atomic E-state index is 0.302. The van der Waals surface area contributed by atoms with Crippen LogP contribution in [0.4, 0.5) is 0 Å². The minimum absolute atomic E-state index is 0.302. The van der Waals surface area contributed by atoms with Gasteiger partial charge in [-0.3, -0.25) is 4.90 Å². The predicted molar refractivity (Wildman–Crippen MR) is 64.1 cm³/mol. The average molecular weight is 214 g/mol. The van der Waals surface area contributed by atoms with E-state index in [1.165, 1.54) is 38.5 Å². The lowest BCUT2D eigenvalue weighted by molar-refractivity contribution is 0.123. The van der Waals surface area contributed by atoms with Crippen molar-refractivity contribution < 1.29 is 5.11 Å². The van der Waals surface area contributed by atoms with E-state index in [1.807, 2.05) is 7.05 Å². The fraction of sp³-hybridized carbons (Fsp3) is 1.00. The Bertz CT molecular complexity index is 147. The zero-order chi connectivity index (χ0) is 10.9. The van der Waals surface area contributed by atoms with Gasteiger partial charge in [0.2, 0.25) is 0 Å². The molecular formula is C12H26N2O. The fourth-order valence-corrected chi connectivity index (χ4v) is 2.51. The summed E-state index contributed by atoms with van der Waals surface area (Å²) in [4.78, 5) is 2.48. The van der Waals surface area contributed by atoms with Crippen LogP contribution in [0.15, 0.2) is 0 Å². The van der Waals surface area contributed by atoms with Crippen molar-refractivity contribution in [1.82, 2.24) is 10.2 Å².